The number of rotatable bonds is 12. The summed E-state index contributed by atoms with van der Waals surface area (Å²) in [6.07, 6.45) is 13.6. The highest BCUT2D eigenvalue weighted by Crippen LogP contribution is 2.30. The molecule has 2 atom stereocenters. The van der Waals surface area contributed by atoms with Crippen molar-refractivity contribution in [2.24, 2.45) is 11.7 Å². The Bertz CT molecular complexity index is 1230. The first-order valence-corrected chi connectivity index (χ1v) is 16.4. The van der Waals surface area contributed by atoms with Crippen molar-refractivity contribution in [1.29, 1.82) is 5.26 Å². The number of halogens is 1. The van der Waals surface area contributed by atoms with E-state index in [1.807, 2.05) is 57.9 Å². The largest absolute Gasteiger partial charge is 0.515 e. The summed E-state index contributed by atoms with van der Waals surface area (Å²) >= 11 is 0. The third kappa shape index (κ3) is 12.2. The third-order valence-corrected chi connectivity index (χ3v) is 8.20. The van der Waals surface area contributed by atoms with Gasteiger partial charge in [0.2, 0.25) is 0 Å². The SMILES string of the molecule is C/C=C(\C=C(\c1ccc(C#N)c(F)c1)N(C)c1ccc(N2CCCC2)cc1)C(C)=CO.CC.CCC(C)CCCC(N)CC. The Morgan fingerprint density at radius 3 is 2.23 bits per heavy atom. The molecular weight excluding hydrogens is 547 g/mol. The van der Waals surface area contributed by atoms with Crippen molar-refractivity contribution < 1.29 is 9.50 Å². The van der Waals surface area contributed by atoms with Crippen molar-refractivity contribution in [3.05, 3.63) is 89.0 Å². The van der Waals surface area contributed by atoms with Gasteiger partial charge < -0.3 is 20.6 Å². The first kappa shape index (κ1) is 38.5. The smallest absolute Gasteiger partial charge is 0.141 e. The van der Waals surface area contributed by atoms with Crippen LogP contribution in [0.1, 0.15) is 105 Å². The van der Waals surface area contributed by atoms with E-state index in [1.165, 1.54) is 56.3 Å². The fraction of sp³-hybridized carbons (Fsp3) is 0.500. The van der Waals surface area contributed by atoms with Crippen molar-refractivity contribution in [2.75, 3.05) is 29.9 Å². The van der Waals surface area contributed by atoms with Gasteiger partial charge in [-0.1, -0.05) is 66.0 Å². The molecule has 0 amide bonds. The highest BCUT2D eigenvalue weighted by molar-refractivity contribution is 5.82. The maximum atomic E-state index is 14.4. The number of anilines is 2. The molecule has 5 nitrogen and oxygen atoms in total. The molecule has 2 aromatic rings. The molecule has 1 heterocycles. The molecule has 6 heteroatoms. The summed E-state index contributed by atoms with van der Waals surface area (Å²) in [4.78, 5) is 4.37. The van der Waals surface area contributed by atoms with Crippen molar-refractivity contribution in [3.8, 4) is 6.07 Å². The van der Waals surface area contributed by atoms with E-state index in [0.717, 1.165) is 48.6 Å². The van der Waals surface area contributed by atoms with Crippen molar-refractivity contribution in [1.82, 2.24) is 0 Å². The quantitative estimate of drug-likeness (QED) is 0.186. The Labute approximate surface area is 267 Å². The van der Waals surface area contributed by atoms with E-state index in [4.69, 9.17) is 11.0 Å². The van der Waals surface area contributed by atoms with Gasteiger partial charge in [-0.2, -0.15) is 5.26 Å². The van der Waals surface area contributed by atoms with Gasteiger partial charge >= 0.3 is 0 Å². The number of nitrogens with zero attached hydrogens (tertiary/aromatic N) is 3. The minimum absolute atomic E-state index is 0.0124. The molecule has 3 N–H and O–H groups in total. The monoisotopic (exact) mass is 604 g/mol. The highest BCUT2D eigenvalue weighted by Gasteiger charge is 2.16. The van der Waals surface area contributed by atoms with Gasteiger partial charge in [0.05, 0.1) is 11.8 Å². The van der Waals surface area contributed by atoms with E-state index in [-0.39, 0.29) is 5.56 Å². The van der Waals surface area contributed by atoms with E-state index in [0.29, 0.717) is 17.2 Å². The second kappa shape index (κ2) is 21.2. The fourth-order valence-corrected chi connectivity index (χ4v) is 4.92. The van der Waals surface area contributed by atoms with Crippen LogP contribution in [0.4, 0.5) is 15.8 Å². The maximum Gasteiger partial charge on any atom is 0.141 e. The van der Waals surface area contributed by atoms with Gasteiger partial charge in [-0.25, -0.2) is 4.39 Å². The second-order valence-corrected chi connectivity index (χ2v) is 11.3. The molecule has 1 saturated heterocycles. The van der Waals surface area contributed by atoms with Crippen LogP contribution in [0.2, 0.25) is 0 Å². The number of nitriles is 1. The van der Waals surface area contributed by atoms with Gasteiger partial charge in [0.25, 0.3) is 0 Å². The summed E-state index contributed by atoms with van der Waals surface area (Å²) < 4.78 is 14.4. The predicted octanol–water partition coefficient (Wildman–Crippen LogP) is 10.1. The van der Waals surface area contributed by atoms with Gasteiger partial charge in [-0.05, 0) is 99.1 Å². The molecule has 0 saturated carbocycles. The molecule has 2 aromatic carbocycles. The first-order chi connectivity index (χ1) is 21.2. The molecule has 242 valence electrons. The average Bonchev–Trinajstić information content (AvgIpc) is 3.61. The Morgan fingerprint density at radius 2 is 1.73 bits per heavy atom. The molecule has 1 aliphatic rings. The second-order valence-electron chi connectivity index (χ2n) is 11.3. The zero-order valence-electron chi connectivity index (χ0n) is 28.5. The minimum Gasteiger partial charge on any atom is -0.515 e. The normalized spacial score (nSPS) is 14.9. The van der Waals surface area contributed by atoms with Gasteiger partial charge in [-0.15, -0.1) is 0 Å². The topological polar surface area (TPSA) is 76.5 Å². The summed E-state index contributed by atoms with van der Waals surface area (Å²) in [5.41, 5.74) is 10.9. The van der Waals surface area contributed by atoms with Crippen LogP contribution < -0.4 is 15.5 Å². The third-order valence-electron chi connectivity index (χ3n) is 8.20. The van der Waals surface area contributed by atoms with E-state index in [1.54, 1.807) is 6.07 Å². The Kier molecular flexibility index (Phi) is 18.5. The molecule has 0 bridgehead atoms. The molecule has 0 radical (unpaired) electrons. The van der Waals surface area contributed by atoms with Crippen LogP contribution in [0.3, 0.4) is 0 Å². The molecule has 2 unspecified atom stereocenters. The molecule has 44 heavy (non-hydrogen) atoms. The van der Waals surface area contributed by atoms with Crippen LogP contribution in [-0.2, 0) is 0 Å². The van der Waals surface area contributed by atoms with Crippen molar-refractivity contribution >= 4 is 17.1 Å². The molecule has 3 rings (SSSR count). The van der Waals surface area contributed by atoms with Gasteiger partial charge in [0, 0.05) is 48.8 Å². The van der Waals surface area contributed by atoms with Gasteiger partial charge in [0.1, 0.15) is 11.9 Å². The number of hydrogen-bond donors (Lipinski definition) is 2. The first-order valence-electron chi connectivity index (χ1n) is 16.4. The molecular formula is C38H57FN4O. The maximum absolute atomic E-state index is 14.4. The standard InChI is InChI=1S/C26H28FN3O.C10H23N.C2H6/c1-4-20(19(2)18-31)16-26(21-7-8-22(17-28)25(27)15-21)29(3)23-9-11-24(12-10-23)30-13-5-6-14-30;1-4-9(3)7-6-8-10(11)5-2;1-2/h4,7-12,15-16,18,31H,5-6,13-14H2,1-3H3;9-10H,4-8,11H2,1-3H3;1-2H3/b19-18?,20-4+,26-16-;;. The lowest BCUT2D eigenvalue weighted by molar-refractivity contribution is 0.457. The Hall–Kier alpha value is -3.56. The van der Waals surface area contributed by atoms with Crippen molar-refractivity contribution in [2.45, 2.75) is 99.5 Å². The molecule has 0 spiro atoms. The van der Waals surface area contributed by atoms with Crippen LogP contribution in [0, 0.1) is 23.1 Å². The van der Waals surface area contributed by atoms with Crippen molar-refractivity contribution in [3.63, 3.8) is 0 Å². The number of nitrogens with two attached hydrogens (primary N) is 1. The zero-order valence-corrected chi connectivity index (χ0v) is 28.5. The summed E-state index contributed by atoms with van der Waals surface area (Å²) in [6, 6.07) is 15.3. The molecule has 0 aromatic heterocycles. The summed E-state index contributed by atoms with van der Waals surface area (Å²) in [6.45, 7) is 16.6. The lowest BCUT2D eigenvalue weighted by Crippen LogP contribution is -2.18. The summed E-state index contributed by atoms with van der Waals surface area (Å²) in [5.74, 6) is 0.333. The lowest BCUT2D eigenvalue weighted by atomic mass is 9.99. The number of aliphatic hydroxyl groups excluding tert-OH is 1. The Morgan fingerprint density at radius 1 is 1.09 bits per heavy atom. The Balaban J connectivity index is 0.000000630. The highest BCUT2D eigenvalue weighted by atomic mass is 19.1. The van der Waals surface area contributed by atoms with Crippen LogP contribution in [0.5, 0.6) is 0 Å². The summed E-state index contributed by atoms with van der Waals surface area (Å²) in [5, 5.41) is 18.6. The minimum atomic E-state index is -0.555. The van der Waals surface area contributed by atoms with Crippen LogP contribution in [0.15, 0.2) is 72.0 Å². The van der Waals surface area contributed by atoms with E-state index >= 15 is 0 Å². The summed E-state index contributed by atoms with van der Waals surface area (Å²) in [7, 11) is 1.93. The van der Waals surface area contributed by atoms with E-state index in [2.05, 4.69) is 49.9 Å². The van der Waals surface area contributed by atoms with Gasteiger partial charge in [0.15, 0.2) is 0 Å². The van der Waals surface area contributed by atoms with E-state index < -0.39 is 5.82 Å². The number of hydrogen-bond acceptors (Lipinski definition) is 5. The number of benzene rings is 2. The number of allylic oxidation sites excluding steroid dienone is 4. The van der Waals surface area contributed by atoms with Crippen LogP contribution >= 0.6 is 0 Å². The molecule has 1 aliphatic heterocycles. The van der Waals surface area contributed by atoms with E-state index in [9.17, 15) is 9.50 Å². The van der Waals surface area contributed by atoms with Crippen LogP contribution in [0.25, 0.3) is 5.70 Å². The molecule has 0 aliphatic carbocycles. The lowest BCUT2D eigenvalue weighted by Gasteiger charge is -2.25. The average molecular weight is 605 g/mol. The number of aliphatic hydroxyl groups is 1. The fourth-order valence-electron chi connectivity index (χ4n) is 4.92. The predicted molar refractivity (Wildman–Crippen MR) is 188 cm³/mol. The van der Waals surface area contributed by atoms with Crippen LogP contribution in [-0.4, -0.2) is 31.3 Å². The van der Waals surface area contributed by atoms with Gasteiger partial charge in [-0.3, -0.25) is 0 Å². The zero-order chi connectivity index (χ0) is 33.1. The molecule has 1 fully saturated rings.